The molecule has 1 aromatic rings. The van der Waals surface area contributed by atoms with E-state index >= 15 is 0 Å². The van der Waals surface area contributed by atoms with Crippen molar-refractivity contribution in [1.82, 2.24) is 0 Å². The van der Waals surface area contributed by atoms with Gasteiger partial charge in [-0.15, -0.1) is 0 Å². The van der Waals surface area contributed by atoms with Gasteiger partial charge in [0.15, 0.2) is 0 Å². The molecule has 1 rings (SSSR count). The highest BCUT2D eigenvalue weighted by Gasteiger charge is 1.97. The highest BCUT2D eigenvalue weighted by Crippen LogP contribution is 2.13. The van der Waals surface area contributed by atoms with E-state index in [2.05, 4.69) is 19.1 Å². The summed E-state index contributed by atoms with van der Waals surface area (Å²) in [6.45, 7) is 2.78. The van der Waals surface area contributed by atoms with Gasteiger partial charge >= 0.3 is 5.97 Å². The Balaban J connectivity index is 2.11. The summed E-state index contributed by atoms with van der Waals surface area (Å²) in [5.74, 6) is 0.168. The second-order valence-corrected chi connectivity index (χ2v) is 4.05. The highest BCUT2D eigenvalue weighted by molar-refractivity contribution is 5.66. The first-order chi connectivity index (χ1) is 8.22. The molecule has 0 saturated heterocycles. The number of benzene rings is 1. The maximum Gasteiger partial charge on any atom is 0.303 e. The van der Waals surface area contributed by atoms with Gasteiger partial charge in [-0.2, -0.15) is 0 Å². The summed E-state index contributed by atoms with van der Waals surface area (Å²) in [6, 6.07) is 8.10. The van der Waals surface area contributed by atoms with Crippen LogP contribution in [0, 0.1) is 0 Å². The summed E-state index contributed by atoms with van der Waals surface area (Å²) in [5, 5.41) is 8.47. The second-order valence-electron chi connectivity index (χ2n) is 4.05. The standard InChI is InChI=1S/C14H20O3/c1-2-12-7-9-13(10-8-12)17-11-5-3-4-6-14(15)16/h7-10H,2-6,11H2,1H3,(H,15,16). The van der Waals surface area contributed by atoms with Gasteiger partial charge < -0.3 is 9.84 Å². The molecule has 0 fully saturated rings. The molecule has 17 heavy (non-hydrogen) atoms. The van der Waals surface area contributed by atoms with Crippen molar-refractivity contribution >= 4 is 5.97 Å². The van der Waals surface area contributed by atoms with Gasteiger partial charge in [0.25, 0.3) is 0 Å². The van der Waals surface area contributed by atoms with Crippen molar-refractivity contribution in [3.8, 4) is 5.75 Å². The Hall–Kier alpha value is -1.51. The minimum atomic E-state index is -0.721. The molecule has 0 heterocycles. The number of aryl methyl sites for hydroxylation is 1. The topological polar surface area (TPSA) is 46.5 Å². The summed E-state index contributed by atoms with van der Waals surface area (Å²) in [4.78, 5) is 10.3. The van der Waals surface area contributed by atoms with Crippen molar-refractivity contribution in [2.45, 2.75) is 39.0 Å². The van der Waals surface area contributed by atoms with Gasteiger partial charge in [-0.3, -0.25) is 4.79 Å². The minimum absolute atomic E-state index is 0.255. The van der Waals surface area contributed by atoms with Crippen LogP contribution in [0.3, 0.4) is 0 Å². The van der Waals surface area contributed by atoms with Crippen molar-refractivity contribution in [2.75, 3.05) is 6.61 Å². The minimum Gasteiger partial charge on any atom is -0.494 e. The van der Waals surface area contributed by atoms with E-state index in [9.17, 15) is 4.79 Å². The fraction of sp³-hybridized carbons (Fsp3) is 0.500. The molecule has 0 unspecified atom stereocenters. The Morgan fingerprint density at radius 1 is 1.18 bits per heavy atom. The SMILES string of the molecule is CCc1ccc(OCCCCCC(=O)O)cc1. The lowest BCUT2D eigenvalue weighted by Gasteiger charge is -2.06. The summed E-state index contributed by atoms with van der Waals surface area (Å²) in [6.07, 6.45) is 3.83. The lowest BCUT2D eigenvalue weighted by molar-refractivity contribution is -0.137. The molecule has 0 aliphatic rings. The van der Waals surface area contributed by atoms with Crippen molar-refractivity contribution in [2.24, 2.45) is 0 Å². The molecular formula is C14H20O3. The third kappa shape index (κ3) is 5.95. The monoisotopic (exact) mass is 236 g/mol. The van der Waals surface area contributed by atoms with Gasteiger partial charge in [-0.05, 0) is 43.4 Å². The summed E-state index contributed by atoms with van der Waals surface area (Å²) in [7, 11) is 0. The number of hydrogen-bond donors (Lipinski definition) is 1. The van der Waals surface area contributed by atoms with Gasteiger partial charge in [-0.25, -0.2) is 0 Å². The number of ether oxygens (including phenoxy) is 1. The van der Waals surface area contributed by atoms with Crippen LogP contribution in [0.2, 0.25) is 0 Å². The van der Waals surface area contributed by atoms with Crippen molar-refractivity contribution < 1.29 is 14.6 Å². The van der Waals surface area contributed by atoms with Crippen molar-refractivity contribution in [3.05, 3.63) is 29.8 Å². The lowest BCUT2D eigenvalue weighted by atomic mass is 10.2. The molecular weight excluding hydrogens is 216 g/mol. The third-order valence-corrected chi connectivity index (χ3v) is 2.64. The lowest BCUT2D eigenvalue weighted by Crippen LogP contribution is -1.99. The van der Waals surface area contributed by atoms with Crippen LogP contribution in [0.1, 0.15) is 38.2 Å². The van der Waals surface area contributed by atoms with Gasteiger partial charge in [0.05, 0.1) is 6.61 Å². The van der Waals surface area contributed by atoms with E-state index in [-0.39, 0.29) is 6.42 Å². The maximum atomic E-state index is 10.3. The quantitative estimate of drug-likeness (QED) is 0.705. The number of hydrogen-bond acceptors (Lipinski definition) is 2. The predicted molar refractivity (Wildman–Crippen MR) is 67.4 cm³/mol. The normalized spacial score (nSPS) is 10.2. The van der Waals surface area contributed by atoms with Crippen molar-refractivity contribution in [3.63, 3.8) is 0 Å². The molecule has 0 bridgehead atoms. The number of unbranched alkanes of at least 4 members (excludes halogenated alkanes) is 2. The van der Waals surface area contributed by atoms with Crippen LogP contribution in [0.15, 0.2) is 24.3 Å². The molecule has 0 aromatic heterocycles. The van der Waals surface area contributed by atoms with E-state index in [1.54, 1.807) is 0 Å². The predicted octanol–water partition coefficient (Wildman–Crippen LogP) is 3.27. The van der Waals surface area contributed by atoms with Crippen LogP contribution in [0.4, 0.5) is 0 Å². The molecule has 0 spiro atoms. The zero-order valence-corrected chi connectivity index (χ0v) is 10.3. The summed E-state index contributed by atoms with van der Waals surface area (Å²) >= 11 is 0. The van der Waals surface area contributed by atoms with Crippen LogP contribution in [-0.2, 0) is 11.2 Å². The summed E-state index contributed by atoms with van der Waals surface area (Å²) < 4.78 is 5.57. The van der Waals surface area contributed by atoms with Gasteiger partial charge in [0.2, 0.25) is 0 Å². The van der Waals surface area contributed by atoms with Crippen LogP contribution in [0.25, 0.3) is 0 Å². The molecule has 0 aliphatic carbocycles. The smallest absolute Gasteiger partial charge is 0.303 e. The number of carboxylic acid groups (broad SMARTS) is 1. The Morgan fingerprint density at radius 3 is 2.47 bits per heavy atom. The van der Waals surface area contributed by atoms with Crippen LogP contribution in [-0.4, -0.2) is 17.7 Å². The largest absolute Gasteiger partial charge is 0.494 e. The summed E-state index contributed by atoms with van der Waals surface area (Å²) in [5.41, 5.74) is 1.30. The second kappa shape index (κ2) is 7.71. The molecule has 0 aliphatic heterocycles. The van der Waals surface area contributed by atoms with E-state index in [1.807, 2.05) is 12.1 Å². The van der Waals surface area contributed by atoms with E-state index in [4.69, 9.17) is 9.84 Å². The molecule has 0 atom stereocenters. The van der Waals surface area contributed by atoms with Crippen LogP contribution >= 0.6 is 0 Å². The van der Waals surface area contributed by atoms with E-state index in [0.29, 0.717) is 6.61 Å². The van der Waals surface area contributed by atoms with Crippen molar-refractivity contribution in [1.29, 1.82) is 0 Å². The molecule has 3 nitrogen and oxygen atoms in total. The van der Waals surface area contributed by atoms with Gasteiger partial charge in [-0.1, -0.05) is 19.1 Å². The number of carboxylic acids is 1. The zero-order valence-electron chi connectivity index (χ0n) is 10.3. The van der Waals surface area contributed by atoms with E-state index < -0.39 is 5.97 Å². The fourth-order valence-corrected chi connectivity index (χ4v) is 1.57. The Morgan fingerprint density at radius 2 is 1.88 bits per heavy atom. The maximum absolute atomic E-state index is 10.3. The molecule has 1 aromatic carbocycles. The zero-order chi connectivity index (χ0) is 12.5. The molecule has 0 amide bonds. The van der Waals surface area contributed by atoms with Crippen LogP contribution in [0.5, 0.6) is 5.75 Å². The van der Waals surface area contributed by atoms with E-state index in [1.165, 1.54) is 5.56 Å². The molecule has 3 heteroatoms. The molecule has 0 saturated carbocycles. The van der Waals surface area contributed by atoms with Gasteiger partial charge in [0.1, 0.15) is 5.75 Å². The van der Waals surface area contributed by atoms with Gasteiger partial charge in [0, 0.05) is 6.42 Å². The molecule has 1 N–H and O–H groups in total. The molecule has 94 valence electrons. The van der Waals surface area contributed by atoms with E-state index in [0.717, 1.165) is 31.4 Å². The first-order valence-electron chi connectivity index (χ1n) is 6.16. The Labute approximate surface area is 102 Å². The van der Waals surface area contributed by atoms with Crippen LogP contribution < -0.4 is 4.74 Å². The first-order valence-corrected chi connectivity index (χ1v) is 6.16. The molecule has 0 radical (unpaired) electrons. The Kier molecular flexibility index (Phi) is 6.15. The average Bonchev–Trinajstić information content (AvgIpc) is 2.34. The average molecular weight is 236 g/mol. The first kappa shape index (κ1) is 13.6. The number of aliphatic carboxylic acids is 1. The number of rotatable bonds is 8. The Bertz CT molecular complexity index is 330. The fourth-order valence-electron chi connectivity index (χ4n) is 1.57. The number of carbonyl (C=O) groups is 1. The highest BCUT2D eigenvalue weighted by atomic mass is 16.5. The third-order valence-electron chi connectivity index (χ3n) is 2.64.